The van der Waals surface area contributed by atoms with Crippen molar-refractivity contribution in [3.63, 3.8) is 0 Å². The summed E-state index contributed by atoms with van der Waals surface area (Å²) in [6.07, 6.45) is 1.14. The average molecular weight is 214 g/mol. The van der Waals surface area contributed by atoms with Gasteiger partial charge in [0.25, 0.3) is 0 Å². The zero-order valence-corrected chi connectivity index (χ0v) is 10.0. The number of aryl methyl sites for hydroxylation is 1. The summed E-state index contributed by atoms with van der Waals surface area (Å²) in [7, 11) is 3.70. The first-order valence-corrected chi connectivity index (χ1v) is 5.66. The van der Waals surface area contributed by atoms with E-state index in [-0.39, 0.29) is 6.10 Å². The molecule has 0 aromatic carbocycles. The highest BCUT2D eigenvalue weighted by Crippen LogP contribution is 2.11. The van der Waals surface area contributed by atoms with Crippen LogP contribution in [0.2, 0.25) is 0 Å². The molecule has 0 fully saturated rings. The molecule has 1 rings (SSSR count). The van der Waals surface area contributed by atoms with E-state index in [2.05, 4.69) is 22.6 Å². The first-order chi connectivity index (χ1) is 6.67. The number of thiazole rings is 1. The highest BCUT2D eigenvalue weighted by atomic mass is 32.1. The molecule has 1 aromatic rings. The molecule has 2 atom stereocenters. The van der Waals surface area contributed by atoms with Crippen LogP contribution in [-0.4, -0.2) is 31.3 Å². The zero-order chi connectivity index (χ0) is 10.6. The Balaban J connectivity index is 2.56. The molecule has 0 saturated heterocycles. The molecule has 0 saturated carbocycles. The van der Waals surface area contributed by atoms with Gasteiger partial charge in [-0.15, -0.1) is 11.3 Å². The third-order valence-electron chi connectivity index (χ3n) is 2.40. The lowest BCUT2D eigenvalue weighted by Crippen LogP contribution is -2.38. The lowest BCUT2D eigenvalue weighted by atomic mass is 10.1. The van der Waals surface area contributed by atoms with Crippen molar-refractivity contribution in [1.29, 1.82) is 0 Å². The van der Waals surface area contributed by atoms with Crippen molar-refractivity contribution in [1.82, 2.24) is 10.3 Å². The summed E-state index contributed by atoms with van der Waals surface area (Å²) in [5.74, 6) is 0. The SMILES string of the molecule is CNC(Cc1csc(C)n1)C(C)OC. The summed E-state index contributed by atoms with van der Waals surface area (Å²) in [6, 6.07) is 0.335. The van der Waals surface area contributed by atoms with Crippen LogP contribution in [0.5, 0.6) is 0 Å². The molecule has 0 aliphatic carbocycles. The Morgan fingerprint density at radius 3 is 2.79 bits per heavy atom. The monoisotopic (exact) mass is 214 g/mol. The summed E-state index contributed by atoms with van der Waals surface area (Å²) in [5, 5.41) is 6.49. The second-order valence-corrected chi connectivity index (χ2v) is 4.46. The molecule has 3 nitrogen and oxygen atoms in total. The van der Waals surface area contributed by atoms with Gasteiger partial charge in [0.2, 0.25) is 0 Å². The number of rotatable bonds is 5. The van der Waals surface area contributed by atoms with Crippen LogP contribution in [0.4, 0.5) is 0 Å². The van der Waals surface area contributed by atoms with E-state index in [4.69, 9.17) is 4.74 Å². The fraction of sp³-hybridized carbons (Fsp3) is 0.700. The first-order valence-electron chi connectivity index (χ1n) is 4.78. The fourth-order valence-electron chi connectivity index (χ4n) is 1.39. The van der Waals surface area contributed by atoms with Crippen LogP contribution < -0.4 is 5.32 Å². The quantitative estimate of drug-likeness (QED) is 0.808. The third-order valence-corrected chi connectivity index (χ3v) is 3.23. The number of nitrogens with one attached hydrogen (secondary N) is 1. The number of nitrogens with zero attached hydrogens (tertiary/aromatic N) is 1. The Hall–Kier alpha value is -0.450. The molecule has 1 aromatic heterocycles. The normalized spacial score (nSPS) is 15.4. The van der Waals surface area contributed by atoms with Crippen molar-refractivity contribution >= 4 is 11.3 Å². The van der Waals surface area contributed by atoms with E-state index in [1.165, 1.54) is 0 Å². The average Bonchev–Trinajstić information content (AvgIpc) is 2.59. The van der Waals surface area contributed by atoms with Gasteiger partial charge in [0.15, 0.2) is 0 Å². The highest BCUT2D eigenvalue weighted by Gasteiger charge is 2.16. The molecule has 0 radical (unpaired) electrons. The molecule has 1 heterocycles. The maximum atomic E-state index is 5.30. The number of hydrogen-bond donors (Lipinski definition) is 1. The molecular weight excluding hydrogens is 196 g/mol. The van der Waals surface area contributed by atoms with Gasteiger partial charge in [-0.05, 0) is 20.9 Å². The van der Waals surface area contributed by atoms with Crippen molar-refractivity contribution in [2.24, 2.45) is 0 Å². The maximum absolute atomic E-state index is 5.30. The van der Waals surface area contributed by atoms with E-state index < -0.39 is 0 Å². The molecule has 0 spiro atoms. The van der Waals surface area contributed by atoms with E-state index in [1.807, 2.05) is 14.0 Å². The number of ether oxygens (including phenoxy) is 1. The van der Waals surface area contributed by atoms with Crippen molar-refractivity contribution < 1.29 is 4.74 Å². The fourth-order valence-corrected chi connectivity index (χ4v) is 2.02. The standard InChI is InChI=1S/C10H18N2OS/c1-7(13-4)10(11-3)5-9-6-14-8(2)12-9/h6-7,10-11H,5H2,1-4H3. The maximum Gasteiger partial charge on any atom is 0.0897 e. The molecule has 0 aliphatic rings. The van der Waals surface area contributed by atoms with Gasteiger partial charge in [-0.25, -0.2) is 4.98 Å². The second kappa shape index (κ2) is 5.44. The van der Waals surface area contributed by atoms with Gasteiger partial charge < -0.3 is 10.1 Å². The summed E-state index contributed by atoms with van der Waals surface area (Å²) in [5.41, 5.74) is 1.15. The number of methoxy groups -OCH3 is 1. The predicted molar refractivity (Wildman–Crippen MR) is 59.9 cm³/mol. The molecule has 0 amide bonds. The molecule has 2 unspecified atom stereocenters. The Labute approximate surface area is 89.5 Å². The Morgan fingerprint density at radius 2 is 2.36 bits per heavy atom. The van der Waals surface area contributed by atoms with Crippen LogP contribution in [0.1, 0.15) is 17.6 Å². The van der Waals surface area contributed by atoms with Gasteiger partial charge in [-0.3, -0.25) is 0 Å². The van der Waals surface area contributed by atoms with Crippen LogP contribution in [0, 0.1) is 6.92 Å². The Bertz CT molecular complexity index is 275. The largest absolute Gasteiger partial charge is 0.380 e. The van der Waals surface area contributed by atoms with E-state index in [0.29, 0.717) is 6.04 Å². The van der Waals surface area contributed by atoms with Crippen LogP contribution in [-0.2, 0) is 11.2 Å². The van der Waals surface area contributed by atoms with E-state index in [0.717, 1.165) is 17.1 Å². The lowest BCUT2D eigenvalue weighted by molar-refractivity contribution is 0.0854. The van der Waals surface area contributed by atoms with E-state index >= 15 is 0 Å². The summed E-state index contributed by atoms with van der Waals surface area (Å²) in [6.45, 7) is 4.10. The van der Waals surface area contributed by atoms with Crippen molar-refractivity contribution in [3.05, 3.63) is 16.1 Å². The molecule has 4 heteroatoms. The minimum atomic E-state index is 0.210. The first kappa shape index (κ1) is 11.6. The van der Waals surface area contributed by atoms with E-state index in [1.54, 1.807) is 18.4 Å². The topological polar surface area (TPSA) is 34.2 Å². The molecule has 14 heavy (non-hydrogen) atoms. The molecule has 80 valence electrons. The van der Waals surface area contributed by atoms with Gasteiger partial charge in [-0.2, -0.15) is 0 Å². The van der Waals surface area contributed by atoms with Gasteiger partial charge in [0, 0.05) is 25.0 Å². The minimum absolute atomic E-state index is 0.210. The molecule has 0 bridgehead atoms. The van der Waals surface area contributed by atoms with Gasteiger partial charge in [0.1, 0.15) is 0 Å². The second-order valence-electron chi connectivity index (χ2n) is 3.40. The number of aromatic nitrogens is 1. The van der Waals surface area contributed by atoms with Gasteiger partial charge in [0.05, 0.1) is 16.8 Å². The smallest absolute Gasteiger partial charge is 0.0897 e. The lowest BCUT2D eigenvalue weighted by Gasteiger charge is -2.21. The molecular formula is C10H18N2OS. The Morgan fingerprint density at radius 1 is 1.64 bits per heavy atom. The molecule has 1 N–H and O–H groups in total. The third kappa shape index (κ3) is 3.04. The Kier molecular flexibility index (Phi) is 4.51. The summed E-state index contributed by atoms with van der Waals surface area (Å²) >= 11 is 1.70. The van der Waals surface area contributed by atoms with Crippen LogP contribution in [0.3, 0.4) is 0 Å². The van der Waals surface area contributed by atoms with Crippen molar-refractivity contribution in [2.75, 3.05) is 14.2 Å². The minimum Gasteiger partial charge on any atom is -0.380 e. The zero-order valence-electron chi connectivity index (χ0n) is 9.20. The number of hydrogen-bond acceptors (Lipinski definition) is 4. The van der Waals surface area contributed by atoms with Gasteiger partial charge >= 0.3 is 0 Å². The van der Waals surface area contributed by atoms with E-state index in [9.17, 15) is 0 Å². The van der Waals surface area contributed by atoms with Crippen LogP contribution in [0.15, 0.2) is 5.38 Å². The summed E-state index contributed by atoms with van der Waals surface area (Å²) < 4.78 is 5.30. The summed E-state index contributed by atoms with van der Waals surface area (Å²) in [4.78, 5) is 4.44. The van der Waals surface area contributed by atoms with Crippen molar-refractivity contribution in [2.45, 2.75) is 32.4 Å². The van der Waals surface area contributed by atoms with Crippen LogP contribution in [0.25, 0.3) is 0 Å². The molecule has 0 aliphatic heterocycles. The van der Waals surface area contributed by atoms with Crippen LogP contribution >= 0.6 is 11.3 Å². The highest BCUT2D eigenvalue weighted by molar-refractivity contribution is 7.09. The van der Waals surface area contributed by atoms with Crippen molar-refractivity contribution in [3.8, 4) is 0 Å². The number of likely N-dealkylation sites (N-methyl/N-ethyl adjacent to an activating group) is 1. The predicted octanol–water partition coefficient (Wildman–Crippen LogP) is 1.62. The van der Waals surface area contributed by atoms with Gasteiger partial charge in [-0.1, -0.05) is 0 Å².